The van der Waals surface area contributed by atoms with Gasteiger partial charge in [0, 0.05) is 17.1 Å². The van der Waals surface area contributed by atoms with Crippen LogP contribution in [0.5, 0.6) is 0 Å². The number of carbonyl (C=O) groups is 3. The zero-order valence-corrected chi connectivity index (χ0v) is 13.6. The van der Waals surface area contributed by atoms with Crippen LogP contribution in [0.25, 0.3) is 0 Å². The number of β-lactam (4-membered cyclic amide) rings is 1. The molecule has 1 aromatic carbocycles. The maximum atomic E-state index is 11.8. The molecule has 8 heteroatoms. The number of aliphatic carboxylic acids is 1. The number of para-hydroxylation sites is 1. The summed E-state index contributed by atoms with van der Waals surface area (Å²) in [4.78, 5) is 36.7. The minimum Gasteiger partial charge on any atom is -0.477 e. The van der Waals surface area contributed by atoms with Crippen LogP contribution in [0.15, 0.2) is 40.9 Å². The summed E-state index contributed by atoms with van der Waals surface area (Å²) in [6, 6.07) is 8.81. The van der Waals surface area contributed by atoms with E-state index in [1.54, 1.807) is 12.1 Å². The number of carbonyl (C=O) groups excluding carboxylic acids is 2. The molecule has 2 heterocycles. The van der Waals surface area contributed by atoms with Gasteiger partial charge in [0.05, 0.1) is 11.8 Å². The van der Waals surface area contributed by atoms with E-state index in [4.69, 9.17) is 0 Å². The summed E-state index contributed by atoms with van der Waals surface area (Å²) in [6.07, 6.45) is 1.52. The summed E-state index contributed by atoms with van der Waals surface area (Å²) in [5, 5.41) is 14.7. The summed E-state index contributed by atoms with van der Waals surface area (Å²) in [6.45, 7) is 0.425. The Hall–Kier alpha value is -2.48. The van der Waals surface area contributed by atoms with Gasteiger partial charge in [-0.3, -0.25) is 9.69 Å². The third-order valence-corrected chi connectivity index (χ3v) is 5.12. The summed E-state index contributed by atoms with van der Waals surface area (Å²) in [5.41, 5.74) is 0.815. The minimum absolute atomic E-state index is 0.0621. The summed E-state index contributed by atoms with van der Waals surface area (Å²) < 4.78 is 0. The molecular formula is C16H17N3O4S. The lowest BCUT2D eigenvalue weighted by molar-refractivity contribution is -0.145. The highest BCUT2D eigenvalue weighted by Gasteiger charge is 2.47. The molecule has 1 aromatic rings. The molecule has 3 rings (SSSR count). The first-order valence-electron chi connectivity index (χ1n) is 7.61. The number of benzene rings is 1. The number of hydrogen-bond acceptors (Lipinski definition) is 4. The molecule has 3 amide bonds. The second-order valence-electron chi connectivity index (χ2n) is 5.47. The molecule has 24 heavy (non-hydrogen) atoms. The van der Waals surface area contributed by atoms with Crippen molar-refractivity contribution in [2.24, 2.45) is 0 Å². The zero-order valence-electron chi connectivity index (χ0n) is 12.8. The number of anilines is 1. The normalized spacial score (nSPS) is 18.9. The number of hydrogen-bond donors (Lipinski definition) is 3. The van der Waals surface area contributed by atoms with E-state index < -0.39 is 5.97 Å². The molecule has 0 spiro atoms. The maximum absolute atomic E-state index is 11.8. The number of nitrogens with zero attached hydrogens (tertiary/aromatic N) is 1. The molecule has 1 atom stereocenters. The van der Waals surface area contributed by atoms with Crippen LogP contribution in [0.3, 0.4) is 0 Å². The molecule has 126 valence electrons. The van der Waals surface area contributed by atoms with Gasteiger partial charge in [-0.2, -0.15) is 0 Å². The Balaban J connectivity index is 1.46. The van der Waals surface area contributed by atoms with Crippen molar-refractivity contribution >= 4 is 35.4 Å². The predicted molar refractivity (Wildman–Crippen MR) is 90.2 cm³/mol. The Labute approximate surface area is 143 Å². The number of carboxylic acids is 1. The van der Waals surface area contributed by atoms with E-state index in [0.717, 1.165) is 0 Å². The number of carboxylic acid groups (broad SMARTS) is 1. The number of rotatable bonds is 6. The summed E-state index contributed by atoms with van der Waals surface area (Å²) >= 11 is 1.44. The van der Waals surface area contributed by atoms with Gasteiger partial charge in [0.15, 0.2) is 0 Å². The van der Waals surface area contributed by atoms with Crippen molar-refractivity contribution in [2.45, 2.75) is 24.6 Å². The van der Waals surface area contributed by atoms with Crippen molar-refractivity contribution in [2.75, 3.05) is 11.9 Å². The predicted octanol–water partition coefficient (Wildman–Crippen LogP) is 2.19. The number of fused-ring (bicyclic) bond motifs is 1. The van der Waals surface area contributed by atoms with Crippen LogP contribution in [0.4, 0.5) is 10.5 Å². The van der Waals surface area contributed by atoms with E-state index in [-0.39, 0.29) is 23.0 Å². The van der Waals surface area contributed by atoms with Crippen LogP contribution >= 0.6 is 11.8 Å². The van der Waals surface area contributed by atoms with Gasteiger partial charge in [-0.1, -0.05) is 18.2 Å². The van der Waals surface area contributed by atoms with Gasteiger partial charge in [0.1, 0.15) is 5.70 Å². The van der Waals surface area contributed by atoms with Gasteiger partial charge in [0.2, 0.25) is 5.91 Å². The first kappa shape index (κ1) is 16.4. The van der Waals surface area contributed by atoms with E-state index >= 15 is 0 Å². The lowest BCUT2D eigenvalue weighted by Crippen LogP contribution is -2.48. The highest BCUT2D eigenvalue weighted by molar-refractivity contribution is 8.04. The third kappa shape index (κ3) is 3.38. The Bertz CT molecular complexity index is 705. The minimum atomic E-state index is -1.07. The van der Waals surface area contributed by atoms with Crippen molar-refractivity contribution in [3.8, 4) is 0 Å². The Morgan fingerprint density at radius 3 is 2.71 bits per heavy atom. The topological polar surface area (TPSA) is 98.7 Å². The summed E-state index contributed by atoms with van der Waals surface area (Å²) in [5.74, 6) is -1.21. The van der Waals surface area contributed by atoms with Gasteiger partial charge in [-0.25, -0.2) is 9.59 Å². The van der Waals surface area contributed by atoms with E-state index in [1.165, 1.54) is 16.7 Å². The van der Waals surface area contributed by atoms with Crippen LogP contribution in [0, 0.1) is 0 Å². The van der Waals surface area contributed by atoms with E-state index in [9.17, 15) is 19.5 Å². The fourth-order valence-electron chi connectivity index (χ4n) is 2.65. The van der Waals surface area contributed by atoms with Crippen molar-refractivity contribution in [1.29, 1.82) is 0 Å². The van der Waals surface area contributed by atoms with Crippen molar-refractivity contribution < 1.29 is 19.5 Å². The third-order valence-electron chi connectivity index (χ3n) is 3.79. The van der Waals surface area contributed by atoms with Crippen molar-refractivity contribution in [1.82, 2.24) is 10.2 Å². The van der Waals surface area contributed by atoms with Gasteiger partial charge in [-0.05, 0) is 25.0 Å². The standard InChI is InChI=1S/C16H17N3O4S/c20-12-9-13-19(12)14(15(21)22)11(24-13)7-4-8-17-16(23)18-10-5-2-1-3-6-10/h1-3,5-6,13H,4,7-9H2,(H,21,22)(H2,17,18,23)/t13-/m1/s1. The molecule has 0 saturated carbocycles. The SMILES string of the molecule is O=C(NCCCC1=C(C(=O)O)N2C(=O)C[C@H]2S1)Nc1ccccc1. The largest absolute Gasteiger partial charge is 0.477 e. The number of amides is 3. The molecule has 2 aliphatic heterocycles. The number of thioether (sulfide) groups is 1. The van der Waals surface area contributed by atoms with E-state index in [1.807, 2.05) is 18.2 Å². The van der Waals surface area contributed by atoms with Crippen LogP contribution in [-0.4, -0.2) is 39.8 Å². The van der Waals surface area contributed by atoms with Gasteiger partial charge < -0.3 is 15.7 Å². The summed E-state index contributed by atoms with van der Waals surface area (Å²) in [7, 11) is 0. The molecule has 7 nitrogen and oxygen atoms in total. The fourth-order valence-corrected chi connectivity index (χ4v) is 4.09. The van der Waals surface area contributed by atoms with Crippen LogP contribution in [-0.2, 0) is 9.59 Å². The lowest BCUT2D eigenvalue weighted by Gasteiger charge is -2.33. The van der Waals surface area contributed by atoms with Crippen molar-refractivity contribution in [3.05, 3.63) is 40.9 Å². The van der Waals surface area contributed by atoms with Gasteiger partial charge in [-0.15, -0.1) is 11.8 Å². The van der Waals surface area contributed by atoms with E-state index in [2.05, 4.69) is 10.6 Å². The fraction of sp³-hybridized carbons (Fsp3) is 0.312. The molecule has 2 aliphatic rings. The average molecular weight is 347 g/mol. The van der Waals surface area contributed by atoms with Gasteiger partial charge in [0.25, 0.3) is 0 Å². The highest BCUT2D eigenvalue weighted by atomic mass is 32.2. The average Bonchev–Trinajstić information content (AvgIpc) is 2.85. The highest BCUT2D eigenvalue weighted by Crippen LogP contribution is 2.47. The number of allylic oxidation sites excluding steroid dienone is 1. The van der Waals surface area contributed by atoms with Gasteiger partial charge >= 0.3 is 12.0 Å². The molecule has 0 radical (unpaired) electrons. The van der Waals surface area contributed by atoms with Crippen LogP contribution < -0.4 is 10.6 Å². The number of urea groups is 1. The Morgan fingerprint density at radius 2 is 2.04 bits per heavy atom. The van der Waals surface area contributed by atoms with Crippen molar-refractivity contribution in [3.63, 3.8) is 0 Å². The lowest BCUT2D eigenvalue weighted by atomic mass is 10.1. The molecule has 0 unspecified atom stereocenters. The monoisotopic (exact) mass is 347 g/mol. The first-order valence-corrected chi connectivity index (χ1v) is 8.49. The molecular weight excluding hydrogens is 330 g/mol. The number of nitrogens with one attached hydrogen (secondary N) is 2. The van der Waals surface area contributed by atoms with Crippen LogP contribution in [0.1, 0.15) is 19.3 Å². The molecule has 3 N–H and O–H groups in total. The molecule has 1 fully saturated rings. The molecule has 0 aliphatic carbocycles. The Kier molecular flexibility index (Phi) is 4.75. The smallest absolute Gasteiger partial charge is 0.353 e. The zero-order chi connectivity index (χ0) is 17.1. The second kappa shape index (κ2) is 6.96. The molecule has 0 aromatic heterocycles. The second-order valence-corrected chi connectivity index (χ2v) is 6.74. The molecule has 1 saturated heterocycles. The Morgan fingerprint density at radius 1 is 1.29 bits per heavy atom. The van der Waals surface area contributed by atoms with E-state index in [0.29, 0.717) is 36.4 Å². The maximum Gasteiger partial charge on any atom is 0.353 e. The van der Waals surface area contributed by atoms with Crippen LogP contribution in [0.2, 0.25) is 0 Å². The quantitative estimate of drug-likeness (QED) is 0.541. The molecule has 0 bridgehead atoms. The first-order chi connectivity index (χ1) is 11.6.